The number of hydrogen-bond donors (Lipinski definition) is 2. The lowest BCUT2D eigenvalue weighted by molar-refractivity contribution is -0.131. The fourth-order valence-electron chi connectivity index (χ4n) is 3.41. The number of anilines is 2. The summed E-state index contributed by atoms with van der Waals surface area (Å²) in [7, 11) is 0. The molecule has 6 nitrogen and oxygen atoms in total. The Morgan fingerprint density at radius 1 is 0.967 bits per heavy atom. The number of carbonyl (C=O) groups excluding carboxylic acids is 2. The second-order valence-corrected chi connectivity index (χ2v) is 7.88. The summed E-state index contributed by atoms with van der Waals surface area (Å²) in [6.45, 7) is 9.03. The van der Waals surface area contributed by atoms with Crippen LogP contribution in [-0.4, -0.2) is 48.0 Å². The predicted octanol–water partition coefficient (Wildman–Crippen LogP) is 3.49. The van der Waals surface area contributed by atoms with Crippen molar-refractivity contribution in [3.63, 3.8) is 0 Å². The van der Waals surface area contributed by atoms with Crippen LogP contribution in [0.2, 0.25) is 0 Å². The fraction of sp³-hybridized carbons (Fsp3) is 0.348. The maximum absolute atomic E-state index is 12.4. The summed E-state index contributed by atoms with van der Waals surface area (Å²) in [5.74, 6) is -0.0164. The van der Waals surface area contributed by atoms with E-state index < -0.39 is 0 Å². The molecule has 1 aliphatic rings. The Bertz CT molecular complexity index is 935. The maximum Gasteiger partial charge on any atom is 0.257 e. The zero-order chi connectivity index (χ0) is 21.7. The molecular weight excluding hydrogens is 396 g/mol. The SMILES string of the molecule is CCC(=O)N1CCN(c2ccc(NC(=S)NC(=O)c3ccc(C)c(C)c3)cc2)CC1. The number of thiocarbonyl (C=S) groups is 1. The van der Waals surface area contributed by atoms with Crippen LogP contribution in [0.4, 0.5) is 11.4 Å². The quantitative estimate of drug-likeness (QED) is 0.736. The van der Waals surface area contributed by atoms with Crippen LogP contribution in [0.25, 0.3) is 0 Å². The highest BCUT2D eigenvalue weighted by atomic mass is 32.1. The van der Waals surface area contributed by atoms with Crippen molar-refractivity contribution in [1.82, 2.24) is 10.2 Å². The molecule has 2 aromatic rings. The molecule has 1 saturated heterocycles. The highest BCUT2D eigenvalue weighted by Crippen LogP contribution is 2.20. The van der Waals surface area contributed by atoms with Crippen LogP contribution in [0.3, 0.4) is 0 Å². The van der Waals surface area contributed by atoms with Crippen molar-refractivity contribution in [3.05, 3.63) is 59.2 Å². The van der Waals surface area contributed by atoms with Crippen LogP contribution >= 0.6 is 12.2 Å². The Kier molecular flexibility index (Phi) is 7.05. The molecule has 1 fully saturated rings. The van der Waals surface area contributed by atoms with Crippen molar-refractivity contribution in [2.75, 3.05) is 36.4 Å². The molecule has 0 spiro atoms. The van der Waals surface area contributed by atoms with Gasteiger partial charge in [0.15, 0.2) is 5.11 Å². The van der Waals surface area contributed by atoms with Gasteiger partial charge >= 0.3 is 0 Å². The molecule has 2 amide bonds. The first kappa shape index (κ1) is 21.8. The van der Waals surface area contributed by atoms with Crippen molar-refractivity contribution in [2.45, 2.75) is 27.2 Å². The molecule has 0 atom stereocenters. The number of benzene rings is 2. The van der Waals surface area contributed by atoms with E-state index in [0.717, 1.165) is 48.7 Å². The van der Waals surface area contributed by atoms with E-state index in [1.165, 1.54) is 0 Å². The van der Waals surface area contributed by atoms with Crippen LogP contribution in [0.5, 0.6) is 0 Å². The number of aryl methyl sites for hydroxylation is 2. The molecule has 0 radical (unpaired) electrons. The summed E-state index contributed by atoms with van der Waals surface area (Å²) < 4.78 is 0. The third-order valence-corrected chi connectivity index (χ3v) is 5.63. The van der Waals surface area contributed by atoms with E-state index in [4.69, 9.17) is 12.2 Å². The highest BCUT2D eigenvalue weighted by molar-refractivity contribution is 7.80. The number of carbonyl (C=O) groups is 2. The van der Waals surface area contributed by atoms with Crippen molar-refractivity contribution in [1.29, 1.82) is 0 Å². The molecule has 7 heteroatoms. The zero-order valence-corrected chi connectivity index (χ0v) is 18.5. The molecule has 3 rings (SSSR count). The maximum atomic E-state index is 12.4. The molecule has 0 aliphatic carbocycles. The average molecular weight is 425 g/mol. The third-order valence-electron chi connectivity index (χ3n) is 5.42. The van der Waals surface area contributed by atoms with Crippen LogP contribution in [0.1, 0.15) is 34.8 Å². The van der Waals surface area contributed by atoms with Crippen molar-refractivity contribution in [2.24, 2.45) is 0 Å². The van der Waals surface area contributed by atoms with Gasteiger partial charge in [-0.05, 0) is 73.6 Å². The van der Waals surface area contributed by atoms with E-state index in [2.05, 4.69) is 15.5 Å². The first-order valence-corrected chi connectivity index (χ1v) is 10.6. The van der Waals surface area contributed by atoms with Crippen LogP contribution < -0.4 is 15.5 Å². The van der Waals surface area contributed by atoms with Gasteiger partial charge < -0.3 is 15.1 Å². The Morgan fingerprint density at radius 2 is 1.63 bits per heavy atom. The Balaban J connectivity index is 1.53. The van der Waals surface area contributed by atoms with Gasteiger partial charge in [0, 0.05) is 49.5 Å². The van der Waals surface area contributed by atoms with E-state index in [1.54, 1.807) is 6.07 Å². The second kappa shape index (κ2) is 9.71. The standard InChI is InChI=1S/C23H28N4O2S/c1-4-21(28)27-13-11-26(12-14-27)20-9-7-19(8-10-20)24-23(30)25-22(29)18-6-5-16(2)17(3)15-18/h5-10,15H,4,11-14H2,1-3H3,(H2,24,25,29,30). The molecule has 0 unspecified atom stereocenters. The van der Waals surface area contributed by atoms with Gasteiger partial charge in [0.1, 0.15) is 0 Å². The number of rotatable bonds is 4. The van der Waals surface area contributed by atoms with Crippen molar-refractivity contribution >= 4 is 40.5 Å². The van der Waals surface area contributed by atoms with Gasteiger partial charge in [-0.25, -0.2) is 0 Å². The summed E-state index contributed by atoms with van der Waals surface area (Å²) in [6, 6.07) is 13.5. The minimum absolute atomic E-state index is 0.213. The monoisotopic (exact) mass is 424 g/mol. The van der Waals surface area contributed by atoms with E-state index in [-0.39, 0.29) is 16.9 Å². The van der Waals surface area contributed by atoms with E-state index in [9.17, 15) is 9.59 Å². The Morgan fingerprint density at radius 3 is 2.23 bits per heavy atom. The molecule has 2 aromatic carbocycles. The molecular formula is C23H28N4O2S. The van der Waals surface area contributed by atoms with Gasteiger partial charge in [-0.1, -0.05) is 13.0 Å². The summed E-state index contributed by atoms with van der Waals surface area (Å²) >= 11 is 5.29. The Labute approximate surface area is 183 Å². The molecule has 1 heterocycles. The lowest BCUT2D eigenvalue weighted by atomic mass is 10.1. The summed E-state index contributed by atoms with van der Waals surface area (Å²) in [5.41, 5.74) is 4.71. The molecule has 1 aliphatic heterocycles. The first-order chi connectivity index (χ1) is 14.4. The van der Waals surface area contributed by atoms with Gasteiger partial charge in [-0.2, -0.15) is 0 Å². The number of nitrogens with one attached hydrogen (secondary N) is 2. The number of hydrogen-bond acceptors (Lipinski definition) is 4. The molecule has 0 saturated carbocycles. The lowest BCUT2D eigenvalue weighted by Crippen LogP contribution is -2.48. The van der Waals surface area contributed by atoms with E-state index in [1.807, 2.05) is 62.1 Å². The molecule has 158 valence electrons. The second-order valence-electron chi connectivity index (χ2n) is 7.48. The number of nitrogens with zero attached hydrogens (tertiary/aromatic N) is 2. The topological polar surface area (TPSA) is 64.7 Å². The summed E-state index contributed by atoms with van der Waals surface area (Å²) in [5, 5.41) is 6.04. The van der Waals surface area contributed by atoms with Crippen molar-refractivity contribution in [3.8, 4) is 0 Å². The zero-order valence-electron chi connectivity index (χ0n) is 17.7. The molecule has 0 aromatic heterocycles. The van der Waals surface area contributed by atoms with Crippen molar-refractivity contribution < 1.29 is 9.59 Å². The van der Waals surface area contributed by atoms with Crippen LogP contribution in [0.15, 0.2) is 42.5 Å². The van der Waals surface area contributed by atoms with Gasteiger partial charge in [0.05, 0.1) is 0 Å². The Hall–Kier alpha value is -2.93. The third kappa shape index (κ3) is 5.36. The summed E-state index contributed by atoms with van der Waals surface area (Å²) in [4.78, 5) is 28.4. The highest BCUT2D eigenvalue weighted by Gasteiger charge is 2.20. The van der Waals surface area contributed by atoms with E-state index in [0.29, 0.717) is 12.0 Å². The normalized spacial score (nSPS) is 13.7. The average Bonchev–Trinajstić information content (AvgIpc) is 2.75. The fourth-order valence-corrected chi connectivity index (χ4v) is 3.62. The number of piperazine rings is 1. The predicted molar refractivity (Wildman–Crippen MR) is 125 cm³/mol. The van der Waals surface area contributed by atoms with Gasteiger partial charge in [0.25, 0.3) is 5.91 Å². The molecule has 2 N–H and O–H groups in total. The molecule has 0 bridgehead atoms. The largest absolute Gasteiger partial charge is 0.368 e. The van der Waals surface area contributed by atoms with Gasteiger partial charge in [-0.3, -0.25) is 14.9 Å². The summed E-state index contributed by atoms with van der Waals surface area (Å²) in [6.07, 6.45) is 0.556. The minimum Gasteiger partial charge on any atom is -0.368 e. The minimum atomic E-state index is -0.230. The smallest absolute Gasteiger partial charge is 0.257 e. The van der Waals surface area contributed by atoms with Gasteiger partial charge in [-0.15, -0.1) is 0 Å². The van der Waals surface area contributed by atoms with Gasteiger partial charge in [0.2, 0.25) is 5.91 Å². The van der Waals surface area contributed by atoms with E-state index >= 15 is 0 Å². The number of amides is 2. The lowest BCUT2D eigenvalue weighted by Gasteiger charge is -2.36. The molecule has 30 heavy (non-hydrogen) atoms. The first-order valence-electron chi connectivity index (χ1n) is 10.2. The van der Waals surface area contributed by atoms with Crippen LogP contribution in [-0.2, 0) is 4.79 Å². The van der Waals surface area contributed by atoms with Crippen LogP contribution in [0, 0.1) is 13.8 Å².